The number of nitrogens with zero attached hydrogens (tertiary/aromatic N) is 3. The number of nitro benzene ring substituents is 1. The van der Waals surface area contributed by atoms with E-state index >= 15 is 0 Å². The zero-order valence-electron chi connectivity index (χ0n) is 14.1. The molecule has 9 heteroatoms. The van der Waals surface area contributed by atoms with Crippen molar-refractivity contribution in [3.05, 3.63) is 76.9 Å². The fourth-order valence-electron chi connectivity index (χ4n) is 2.32. The molecule has 0 aliphatic heterocycles. The van der Waals surface area contributed by atoms with Crippen molar-refractivity contribution in [1.82, 2.24) is 9.55 Å². The predicted octanol–water partition coefficient (Wildman–Crippen LogP) is 3.45. The van der Waals surface area contributed by atoms with Gasteiger partial charge in [-0.05, 0) is 24.3 Å². The number of ether oxygens (including phenoxy) is 1. The molecule has 1 N–H and O–H groups in total. The largest absolute Gasteiger partial charge is 0.491 e. The van der Waals surface area contributed by atoms with Gasteiger partial charge in [-0.1, -0.05) is 23.9 Å². The van der Waals surface area contributed by atoms with Crippen LogP contribution in [-0.4, -0.2) is 38.0 Å². The van der Waals surface area contributed by atoms with Crippen LogP contribution < -0.4 is 4.74 Å². The Bertz CT molecular complexity index is 934. The summed E-state index contributed by atoms with van der Waals surface area (Å²) in [5.74, 6) is 0.262. The normalized spacial score (nSPS) is 11.9. The van der Waals surface area contributed by atoms with Gasteiger partial charge in [0.25, 0.3) is 5.69 Å². The second kappa shape index (κ2) is 8.65. The molecule has 1 aromatic heterocycles. The molecule has 0 fully saturated rings. The van der Waals surface area contributed by atoms with Crippen molar-refractivity contribution in [3.8, 4) is 11.4 Å². The number of rotatable bonds is 8. The van der Waals surface area contributed by atoms with E-state index in [2.05, 4.69) is 4.98 Å². The van der Waals surface area contributed by atoms with Gasteiger partial charge in [0, 0.05) is 24.2 Å². The average Bonchev–Trinajstić information content (AvgIpc) is 3.13. The van der Waals surface area contributed by atoms with Gasteiger partial charge in [-0.15, -0.1) is 0 Å². The molecule has 0 bridgehead atoms. The predicted molar refractivity (Wildman–Crippen MR) is 98.8 cm³/mol. The molecule has 0 amide bonds. The second-order valence-corrected chi connectivity index (χ2v) is 6.58. The first-order chi connectivity index (χ1) is 13.0. The first-order valence-electron chi connectivity index (χ1n) is 8.00. The molecule has 7 nitrogen and oxygen atoms in total. The van der Waals surface area contributed by atoms with Crippen molar-refractivity contribution in [3.63, 3.8) is 0 Å². The number of imidazole rings is 1. The summed E-state index contributed by atoms with van der Waals surface area (Å²) in [7, 11) is 0. The number of hydrogen-bond donors (Lipinski definition) is 1. The number of thioether (sulfide) groups is 1. The first kappa shape index (κ1) is 18.9. The van der Waals surface area contributed by atoms with Gasteiger partial charge in [0.1, 0.15) is 18.2 Å². The number of non-ortho nitro benzene ring substituents is 1. The molecule has 0 aliphatic carbocycles. The SMILES string of the molecule is O=[N+]([O-])c1cccc(OC[C@@H](O)CSc2nccn2-c2cccc(F)c2)c1. The molecule has 0 spiro atoms. The molecule has 3 rings (SSSR count). The highest BCUT2D eigenvalue weighted by Gasteiger charge is 2.12. The van der Waals surface area contributed by atoms with E-state index in [4.69, 9.17) is 4.74 Å². The Labute approximate surface area is 158 Å². The van der Waals surface area contributed by atoms with Crippen molar-refractivity contribution in [2.24, 2.45) is 0 Å². The summed E-state index contributed by atoms with van der Waals surface area (Å²) in [6.45, 7) is -0.0190. The number of nitro groups is 1. The van der Waals surface area contributed by atoms with Crippen molar-refractivity contribution >= 4 is 17.4 Å². The zero-order valence-corrected chi connectivity index (χ0v) is 14.9. The summed E-state index contributed by atoms with van der Waals surface area (Å²) in [6, 6.07) is 11.9. The molecular weight excluding hydrogens is 373 g/mol. The van der Waals surface area contributed by atoms with Gasteiger partial charge in [0.05, 0.1) is 22.8 Å². The number of aliphatic hydroxyl groups excluding tert-OH is 1. The summed E-state index contributed by atoms with van der Waals surface area (Å²) in [6.07, 6.45) is 2.49. The maximum atomic E-state index is 13.4. The molecule has 0 unspecified atom stereocenters. The molecule has 3 aromatic rings. The van der Waals surface area contributed by atoms with E-state index in [0.29, 0.717) is 22.3 Å². The number of halogens is 1. The Hall–Kier alpha value is -2.91. The third kappa shape index (κ3) is 5.05. The number of aliphatic hydroxyl groups is 1. The third-order valence-corrected chi connectivity index (χ3v) is 4.68. The maximum Gasteiger partial charge on any atom is 0.273 e. The van der Waals surface area contributed by atoms with E-state index in [1.165, 1.54) is 42.1 Å². The van der Waals surface area contributed by atoms with Gasteiger partial charge in [-0.25, -0.2) is 9.37 Å². The fraction of sp³-hybridized carbons (Fsp3) is 0.167. The monoisotopic (exact) mass is 389 g/mol. The Morgan fingerprint density at radius 1 is 1.30 bits per heavy atom. The van der Waals surface area contributed by atoms with E-state index in [0.717, 1.165) is 0 Å². The Morgan fingerprint density at radius 3 is 2.89 bits per heavy atom. The first-order valence-corrected chi connectivity index (χ1v) is 8.99. The Balaban J connectivity index is 1.56. The van der Waals surface area contributed by atoms with Crippen LogP contribution >= 0.6 is 11.8 Å². The van der Waals surface area contributed by atoms with Gasteiger partial charge in [-0.2, -0.15) is 0 Å². The van der Waals surface area contributed by atoms with Crippen molar-refractivity contribution in [1.29, 1.82) is 0 Å². The van der Waals surface area contributed by atoms with Crippen molar-refractivity contribution in [2.45, 2.75) is 11.3 Å². The third-order valence-electron chi connectivity index (χ3n) is 3.57. The van der Waals surface area contributed by atoms with Crippen molar-refractivity contribution in [2.75, 3.05) is 12.4 Å². The molecule has 0 saturated heterocycles. The van der Waals surface area contributed by atoms with Crippen LogP contribution in [0.15, 0.2) is 66.1 Å². The van der Waals surface area contributed by atoms with Crippen LogP contribution in [-0.2, 0) is 0 Å². The summed E-state index contributed by atoms with van der Waals surface area (Å²) in [5, 5.41) is 21.5. The van der Waals surface area contributed by atoms with Gasteiger partial charge in [0.2, 0.25) is 0 Å². The molecule has 1 heterocycles. The van der Waals surface area contributed by atoms with Crippen LogP contribution in [0.2, 0.25) is 0 Å². The lowest BCUT2D eigenvalue weighted by Crippen LogP contribution is -2.20. The summed E-state index contributed by atoms with van der Waals surface area (Å²) < 4.78 is 20.5. The molecule has 0 saturated carbocycles. The minimum absolute atomic E-state index is 0.0190. The molecule has 0 aliphatic rings. The number of aromatic nitrogens is 2. The highest BCUT2D eigenvalue weighted by atomic mass is 32.2. The maximum absolute atomic E-state index is 13.4. The highest BCUT2D eigenvalue weighted by Crippen LogP contribution is 2.23. The minimum Gasteiger partial charge on any atom is -0.491 e. The summed E-state index contributed by atoms with van der Waals surface area (Å²) in [5.41, 5.74) is 0.561. The van der Waals surface area contributed by atoms with E-state index < -0.39 is 11.0 Å². The molecular formula is C18H16FN3O4S. The van der Waals surface area contributed by atoms with Gasteiger partial charge < -0.3 is 9.84 Å². The molecule has 140 valence electrons. The highest BCUT2D eigenvalue weighted by molar-refractivity contribution is 7.99. The molecule has 0 radical (unpaired) electrons. The second-order valence-electron chi connectivity index (χ2n) is 5.59. The minimum atomic E-state index is -0.813. The lowest BCUT2D eigenvalue weighted by molar-refractivity contribution is -0.384. The van der Waals surface area contributed by atoms with Crippen LogP contribution in [0, 0.1) is 15.9 Å². The molecule has 27 heavy (non-hydrogen) atoms. The van der Waals surface area contributed by atoms with Crippen molar-refractivity contribution < 1.29 is 19.2 Å². The molecule has 2 aromatic carbocycles. The lowest BCUT2D eigenvalue weighted by atomic mass is 10.3. The standard InChI is InChI=1S/C18H16FN3O4S/c19-13-3-1-4-14(9-13)21-8-7-20-18(21)27-12-16(23)11-26-17-6-2-5-15(10-17)22(24)25/h1-10,16,23H,11-12H2/t16-/m1/s1. The zero-order chi connectivity index (χ0) is 19.2. The van der Waals surface area contributed by atoms with Crippen LogP contribution in [0.3, 0.4) is 0 Å². The quantitative estimate of drug-likeness (QED) is 0.360. The van der Waals surface area contributed by atoms with Crippen LogP contribution in [0.5, 0.6) is 5.75 Å². The molecule has 1 atom stereocenters. The van der Waals surface area contributed by atoms with Gasteiger partial charge in [-0.3, -0.25) is 14.7 Å². The Morgan fingerprint density at radius 2 is 2.11 bits per heavy atom. The fourth-order valence-corrected chi connectivity index (χ4v) is 3.20. The van der Waals surface area contributed by atoms with E-state index in [9.17, 15) is 19.6 Å². The summed E-state index contributed by atoms with van der Waals surface area (Å²) in [4.78, 5) is 14.5. The van der Waals surface area contributed by atoms with E-state index in [1.54, 1.807) is 35.2 Å². The summed E-state index contributed by atoms with van der Waals surface area (Å²) >= 11 is 1.30. The smallest absolute Gasteiger partial charge is 0.273 e. The average molecular weight is 389 g/mol. The van der Waals surface area contributed by atoms with Crippen LogP contribution in [0.1, 0.15) is 0 Å². The topological polar surface area (TPSA) is 90.4 Å². The van der Waals surface area contributed by atoms with E-state index in [-0.39, 0.29) is 18.1 Å². The van der Waals surface area contributed by atoms with Crippen LogP contribution in [0.25, 0.3) is 5.69 Å². The van der Waals surface area contributed by atoms with Gasteiger partial charge >= 0.3 is 0 Å². The number of benzene rings is 2. The van der Waals surface area contributed by atoms with E-state index in [1.807, 2.05) is 0 Å². The lowest BCUT2D eigenvalue weighted by Gasteiger charge is -2.13. The van der Waals surface area contributed by atoms with Gasteiger partial charge in [0.15, 0.2) is 5.16 Å². The number of hydrogen-bond acceptors (Lipinski definition) is 6. The van der Waals surface area contributed by atoms with Crippen LogP contribution in [0.4, 0.5) is 10.1 Å². The Kier molecular flexibility index (Phi) is 6.05.